The smallest absolute Gasteiger partial charge is 0.106 e. The van der Waals surface area contributed by atoms with Gasteiger partial charge in [0.15, 0.2) is 0 Å². The fraction of sp³-hybridized carbons (Fsp3) is 0.769. The number of imidazole rings is 1. The Morgan fingerprint density at radius 3 is 2.38 bits per heavy atom. The molecule has 0 unspecified atom stereocenters. The molecule has 3 nitrogen and oxygen atoms in total. The summed E-state index contributed by atoms with van der Waals surface area (Å²) in [7, 11) is 0. The van der Waals surface area contributed by atoms with E-state index in [1.807, 2.05) is 0 Å². The third-order valence-corrected chi connectivity index (χ3v) is 3.54. The lowest BCUT2D eigenvalue weighted by Crippen LogP contribution is -2.38. The third kappa shape index (κ3) is 1.88. The van der Waals surface area contributed by atoms with E-state index in [2.05, 4.69) is 44.1 Å². The van der Waals surface area contributed by atoms with Crippen LogP contribution in [0.25, 0.3) is 0 Å². The topological polar surface area (TPSA) is 21.1 Å². The van der Waals surface area contributed by atoms with Gasteiger partial charge < -0.3 is 4.57 Å². The maximum absolute atomic E-state index is 4.72. The molecule has 0 atom stereocenters. The minimum atomic E-state index is 0.530. The fourth-order valence-electron chi connectivity index (χ4n) is 2.50. The number of fused-ring (bicyclic) bond motifs is 1. The van der Waals surface area contributed by atoms with Gasteiger partial charge in [0.1, 0.15) is 5.82 Å². The van der Waals surface area contributed by atoms with Gasteiger partial charge in [-0.15, -0.1) is 0 Å². The summed E-state index contributed by atoms with van der Waals surface area (Å²) in [5.74, 6) is 1.71. The van der Waals surface area contributed by atoms with Crippen LogP contribution in [0.3, 0.4) is 0 Å². The number of hydrogen-bond acceptors (Lipinski definition) is 2. The first-order valence-corrected chi connectivity index (χ1v) is 6.30. The summed E-state index contributed by atoms with van der Waals surface area (Å²) in [6.45, 7) is 14.4. The van der Waals surface area contributed by atoms with Crippen molar-refractivity contribution in [2.24, 2.45) is 0 Å². The van der Waals surface area contributed by atoms with Crippen molar-refractivity contribution in [3.8, 4) is 0 Å². The van der Waals surface area contributed by atoms with Crippen molar-refractivity contribution in [2.75, 3.05) is 6.54 Å². The zero-order valence-electron chi connectivity index (χ0n) is 11.1. The highest BCUT2D eigenvalue weighted by Gasteiger charge is 2.24. The second-order valence-corrected chi connectivity index (χ2v) is 5.36. The lowest BCUT2D eigenvalue weighted by Gasteiger charge is -2.32. The van der Waals surface area contributed by atoms with E-state index in [9.17, 15) is 0 Å². The van der Waals surface area contributed by atoms with Crippen LogP contribution in [-0.4, -0.2) is 27.0 Å². The predicted molar refractivity (Wildman–Crippen MR) is 66.6 cm³/mol. The van der Waals surface area contributed by atoms with Crippen LogP contribution in [0.1, 0.15) is 50.8 Å². The summed E-state index contributed by atoms with van der Waals surface area (Å²) in [5, 5.41) is 0. The number of nitrogens with zero attached hydrogens (tertiary/aromatic N) is 3. The molecule has 0 saturated heterocycles. The van der Waals surface area contributed by atoms with Gasteiger partial charge in [0.2, 0.25) is 0 Å². The zero-order valence-corrected chi connectivity index (χ0v) is 11.1. The molecule has 90 valence electrons. The number of aromatic nitrogens is 2. The Kier molecular flexibility index (Phi) is 3.06. The Labute approximate surface area is 98.5 Å². The first kappa shape index (κ1) is 11.6. The molecule has 0 spiro atoms. The van der Waals surface area contributed by atoms with Gasteiger partial charge in [0, 0.05) is 25.7 Å². The monoisotopic (exact) mass is 221 g/mol. The molecule has 0 amide bonds. The Hall–Kier alpha value is -0.830. The highest BCUT2D eigenvalue weighted by molar-refractivity contribution is 5.21. The Morgan fingerprint density at radius 2 is 1.81 bits per heavy atom. The van der Waals surface area contributed by atoms with E-state index < -0.39 is 0 Å². The van der Waals surface area contributed by atoms with Gasteiger partial charge in [-0.2, -0.15) is 0 Å². The molecular formula is C13H23N3. The molecule has 1 aliphatic rings. The summed E-state index contributed by atoms with van der Waals surface area (Å²) in [5.41, 5.74) is 2.73. The molecule has 3 heteroatoms. The fourth-order valence-corrected chi connectivity index (χ4v) is 2.50. The van der Waals surface area contributed by atoms with Gasteiger partial charge in [-0.3, -0.25) is 4.90 Å². The Balaban J connectivity index is 2.35. The third-order valence-electron chi connectivity index (χ3n) is 3.54. The van der Waals surface area contributed by atoms with Gasteiger partial charge in [-0.1, -0.05) is 13.8 Å². The predicted octanol–water partition coefficient (Wildman–Crippen LogP) is 2.54. The van der Waals surface area contributed by atoms with E-state index >= 15 is 0 Å². The van der Waals surface area contributed by atoms with Crippen molar-refractivity contribution in [3.05, 3.63) is 17.2 Å². The van der Waals surface area contributed by atoms with Gasteiger partial charge >= 0.3 is 0 Å². The molecule has 2 heterocycles. The molecule has 16 heavy (non-hydrogen) atoms. The van der Waals surface area contributed by atoms with Gasteiger partial charge in [-0.05, 0) is 26.7 Å². The maximum Gasteiger partial charge on any atom is 0.106 e. The van der Waals surface area contributed by atoms with Crippen molar-refractivity contribution >= 4 is 0 Å². The van der Waals surface area contributed by atoms with Gasteiger partial charge in [0.25, 0.3) is 0 Å². The molecule has 0 radical (unpaired) electrons. The summed E-state index contributed by atoms with van der Waals surface area (Å²) < 4.78 is 2.40. The largest absolute Gasteiger partial charge is 0.329 e. The highest BCUT2D eigenvalue weighted by Crippen LogP contribution is 2.25. The van der Waals surface area contributed by atoms with Crippen molar-refractivity contribution in [1.82, 2.24) is 14.5 Å². The molecule has 0 aromatic carbocycles. The Bertz CT molecular complexity index is 377. The highest BCUT2D eigenvalue weighted by atomic mass is 15.2. The van der Waals surface area contributed by atoms with E-state index in [0.717, 1.165) is 19.6 Å². The van der Waals surface area contributed by atoms with Crippen molar-refractivity contribution < 1.29 is 0 Å². The lowest BCUT2D eigenvalue weighted by molar-refractivity contribution is 0.175. The number of rotatable bonds is 2. The molecule has 2 rings (SSSR count). The molecule has 1 aromatic rings. The summed E-state index contributed by atoms with van der Waals surface area (Å²) in [4.78, 5) is 7.25. The van der Waals surface area contributed by atoms with Crippen LogP contribution in [0.2, 0.25) is 0 Å². The first-order chi connectivity index (χ1) is 7.50. The first-order valence-electron chi connectivity index (χ1n) is 6.30. The van der Waals surface area contributed by atoms with Crippen LogP contribution in [0.15, 0.2) is 0 Å². The molecule has 0 fully saturated rings. The van der Waals surface area contributed by atoms with Crippen LogP contribution in [-0.2, 0) is 13.1 Å². The van der Waals surface area contributed by atoms with E-state index in [1.165, 1.54) is 17.2 Å². The average Bonchev–Trinajstić information content (AvgIpc) is 2.56. The van der Waals surface area contributed by atoms with Crippen LogP contribution >= 0.6 is 0 Å². The van der Waals surface area contributed by atoms with E-state index in [0.29, 0.717) is 12.0 Å². The quantitative estimate of drug-likeness (QED) is 0.765. The lowest BCUT2D eigenvalue weighted by atomic mass is 10.1. The minimum Gasteiger partial charge on any atom is -0.329 e. The van der Waals surface area contributed by atoms with Gasteiger partial charge in [0.05, 0.1) is 11.4 Å². The van der Waals surface area contributed by atoms with Gasteiger partial charge in [-0.25, -0.2) is 4.98 Å². The van der Waals surface area contributed by atoms with Crippen LogP contribution < -0.4 is 0 Å². The Morgan fingerprint density at radius 1 is 1.12 bits per heavy atom. The summed E-state index contributed by atoms with van der Waals surface area (Å²) >= 11 is 0. The van der Waals surface area contributed by atoms with Crippen molar-refractivity contribution in [2.45, 2.75) is 59.7 Å². The second-order valence-electron chi connectivity index (χ2n) is 5.36. The zero-order chi connectivity index (χ0) is 11.9. The van der Waals surface area contributed by atoms with Crippen molar-refractivity contribution in [1.29, 1.82) is 0 Å². The van der Waals surface area contributed by atoms with Crippen molar-refractivity contribution in [3.63, 3.8) is 0 Å². The molecular weight excluding hydrogens is 198 g/mol. The number of aryl methyl sites for hydroxylation is 1. The maximum atomic E-state index is 4.72. The van der Waals surface area contributed by atoms with Crippen LogP contribution in [0.4, 0.5) is 0 Å². The molecule has 0 aliphatic carbocycles. The molecule has 0 saturated carbocycles. The molecule has 1 aromatic heterocycles. The SMILES string of the molecule is Cc1nc(C(C)C)c2n1CCN(C(C)C)C2. The van der Waals surface area contributed by atoms with Crippen LogP contribution in [0.5, 0.6) is 0 Å². The van der Waals surface area contributed by atoms with E-state index in [1.54, 1.807) is 0 Å². The molecule has 0 N–H and O–H groups in total. The average molecular weight is 221 g/mol. The summed E-state index contributed by atoms with van der Waals surface area (Å²) in [6, 6.07) is 0.629. The molecule has 1 aliphatic heterocycles. The minimum absolute atomic E-state index is 0.530. The van der Waals surface area contributed by atoms with Crippen LogP contribution in [0, 0.1) is 6.92 Å². The standard InChI is InChI=1S/C13H23N3/c1-9(2)13-12-8-15(10(3)4)6-7-16(12)11(5)14-13/h9-10H,6-8H2,1-5H3. The van der Waals surface area contributed by atoms with E-state index in [-0.39, 0.29) is 0 Å². The molecule has 0 bridgehead atoms. The normalized spacial score (nSPS) is 17.2. The summed E-state index contributed by atoms with van der Waals surface area (Å²) in [6.07, 6.45) is 0. The number of hydrogen-bond donors (Lipinski definition) is 0. The second kappa shape index (κ2) is 4.21. The van der Waals surface area contributed by atoms with E-state index in [4.69, 9.17) is 4.98 Å².